The molecular formula is C12H8Br2FNO. The van der Waals surface area contributed by atoms with Crippen LogP contribution in [0.5, 0.6) is 11.6 Å². The molecule has 2 nitrogen and oxygen atoms in total. The Labute approximate surface area is 115 Å². The van der Waals surface area contributed by atoms with Gasteiger partial charge in [0, 0.05) is 23.2 Å². The van der Waals surface area contributed by atoms with Gasteiger partial charge in [-0.1, -0.05) is 22.0 Å². The highest BCUT2D eigenvalue weighted by atomic mass is 79.9. The zero-order valence-electron chi connectivity index (χ0n) is 8.66. The highest BCUT2D eigenvalue weighted by molar-refractivity contribution is 9.10. The van der Waals surface area contributed by atoms with E-state index in [4.69, 9.17) is 4.74 Å². The zero-order chi connectivity index (χ0) is 12.3. The Morgan fingerprint density at radius 3 is 2.88 bits per heavy atom. The second-order valence-electron chi connectivity index (χ2n) is 3.28. The maximum atomic E-state index is 13.1. The maximum Gasteiger partial charge on any atom is 0.223 e. The van der Waals surface area contributed by atoms with Crippen LogP contribution in [0.15, 0.2) is 41.0 Å². The van der Waals surface area contributed by atoms with Crippen molar-refractivity contribution in [2.24, 2.45) is 0 Å². The lowest BCUT2D eigenvalue weighted by molar-refractivity contribution is 0.451. The average molecular weight is 361 g/mol. The number of nitrogens with zero attached hydrogens (tertiary/aromatic N) is 1. The molecule has 0 aliphatic carbocycles. The third kappa shape index (κ3) is 3.04. The van der Waals surface area contributed by atoms with Crippen LogP contribution in [-0.4, -0.2) is 4.98 Å². The van der Waals surface area contributed by atoms with E-state index in [0.717, 1.165) is 5.56 Å². The number of rotatable bonds is 3. The minimum absolute atomic E-state index is 0.348. The number of pyridine rings is 1. The Bertz CT molecular complexity index is 534. The molecule has 0 aliphatic heterocycles. The zero-order valence-corrected chi connectivity index (χ0v) is 11.8. The average Bonchev–Trinajstić information content (AvgIpc) is 2.34. The summed E-state index contributed by atoms with van der Waals surface area (Å²) >= 11 is 6.65. The third-order valence-electron chi connectivity index (χ3n) is 2.09. The molecule has 17 heavy (non-hydrogen) atoms. The molecule has 0 spiro atoms. The number of benzene rings is 1. The fourth-order valence-corrected chi connectivity index (χ4v) is 2.03. The summed E-state index contributed by atoms with van der Waals surface area (Å²) in [6, 6.07) is 7.99. The Balaban J connectivity index is 2.34. The first-order valence-electron chi connectivity index (χ1n) is 4.83. The van der Waals surface area contributed by atoms with Crippen molar-refractivity contribution in [2.45, 2.75) is 5.33 Å². The lowest BCUT2D eigenvalue weighted by Gasteiger charge is -2.09. The van der Waals surface area contributed by atoms with Gasteiger partial charge in [0.25, 0.3) is 0 Å². The number of aromatic nitrogens is 1. The predicted octanol–water partition coefficient (Wildman–Crippen LogP) is 4.67. The standard InChI is InChI=1S/C12H8Br2FNO/c13-7-8-2-1-5-16-12(8)17-11-6-9(15)3-4-10(11)14/h1-6H,7H2. The van der Waals surface area contributed by atoms with Crippen LogP contribution in [0.2, 0.25) is 0 Å². The molecule has 0 unspecified atom stereocenters. The van der Waals surface area contributed by atoms with Gasteiger partial charge in [-0.3, -0.25) is 0 Å². The quantitative estimate of drug-likeness (QED) is 0.742. The van der Waals surface area contributed by atoms with Crippen molar-refractivity contribution < 1.29 is 9.13 Å². The molecule has 1 aromatic heterocycles. The van der Waals surface area contributed by atoms with Crippen LogP contribution in [-0.2, 0) is 5.33 Å². The maximum absolute atomic E-state index is 13.1. The van der Waals surface area contributed by atoms with Crippen LogP contribution >= 0.6 is 31.9 Å². The first kappa shape index (κ1) is 12.5. The Morgan fingerprint density at radius 2 is 2.12 bits per heavy atom. The molecule has 1 aromatic carbocycles. The van der Waals surface area contributed by atoms with Gasteiger partial charge >= 0.3 is 0 Å². The summed E-state index contributed by atoms with van der Waals surface area (Å²) in [7, 11) is 0. The van der Waals surface area contributed by atoms with Gasteiger partial charge in [0.05, 0.1) is 4.47 Å². The van der Waals surface area contributed by atoms with Gasteiger partial charge in [-0.25, -0.2) is 9.37 Å². The summed E-state index contributed by atoms with van der Waals surface area (Å²) < 4.78 is 19.4. The molecule has 0 radical (unpaired) electrons. The minimum atomic E-state index is -0.348. The molecule has 1 heterocycles. The summed E-state index contributed by atoms with van der Waals surface area (Å²) in [5.41, 5.74) is 0.906. The van der Waals surface area contributed by atoms with E-state index in [-0.39, 0.29) is 5.82 Å². The lowest BCUT2D eigenvalue weighted by Crippen LogP contribution is -1.93. The number of hydrogen-bond acceptors (Lipinski definition) is 2. The van der Waals surface area contributed by atoms with Crippen LogP contribution < -0.4 is 4.74 Å². The second-order valence-corrected chi connectivity index (χ2v) is 4.69. The van der Waals surface area contributed by atoms with Crippen molar-refractivity contribution in [3.63, 3.8) is 0 Å². The molecule has 0 atom stereocenters. The Hall–Kier alpha value is -0.940. The Kier molecular flexibility index (Phi) is 4.12. The fraction of sp³-hybridized carbons (Fsp3) is 0.0833. The van der Waals surface area contributed by atoms with Gasteiger partial charge in [-0.15, -0.1) is 0 Å². The van der Waals surface area contributed by atoms with Gasteiger partial charge in [-0.05, 0) is 34.1 Å². The van der Waals surface area contributed by atoms with Gasteiger partial charge in [0.2, 0.25) is 5.88 Å². The summed E-state index contributed by atoms with van der Waals surface area (Å²) in [5.74, 6) is 0.529. The molecule has 0 N–H and O–H groups in total. The largest absolute Gasteiger partial charge is 0.437 e. The molecule has 0 aliphatic rings. The number of hydrogen-bond donors (Lipinski definition) is 0. The highest BCUT2D eigenvalue weighted by Crippen LogP contribution is 2.31. The molecular weight excluding hydrogens is 353 g/mol. The molecule has 5 heteroatoms. The Morgan fingerprint density at radius 1 is 1.29 bits per heavy atom. The lowest BCUT2D eigenvalue weighted by atomic mass is 10.3. The van der Waals surface area contributed by atoms with Crippen LogP contribution in [0.3, 0.4) is 0 Å². The smallest absolute Gasteiger partial charge is 0.223 e. The van der Waals surface area contributed by atoms with Crippen LogP contribution in [0.25, 0.3) is 0 Å². The monoisotopic (exact) mass is 359 g/mol. The van der Waals surface area contributed by atoms with E-state index in [1.807, 2.05) is 12.1 Å². The van der Waals surface area contributed by atoms with Crippen LogP contribution in [0.1, 0.15) is 5.56 Å². The van der Waals surface area contributed by atoms with Crippen molar-refractivity contribution >= 4 is 31.9 Å². The summed E-state index contributed by atoms with van der Waals surface area (Å²) in [6.07, 6.45) is 1.63. The number of ether oxygens (including phenoxy) is 1. The molecule has 0 amide bonds. The van der Waals surface area contributed by atoms with E-state index in [1.54, 1.807) is 12.3 Å². The van der Waals surface area contributed by atoms with Gasteiger partial charge < -0.3 is 4.74 Å². The molecule has 2 rings (SSSR count). The fourth-order valence-electron chi connectivity index (χ4n) is 1.28. The summed E-state index contributed by atoms with van der Waals surface area (Å²) in [6.45, 7) is 0. The van der Waals surface area contributed by atoms with E-state index >= 15 is 0 Å². The van der Waals surface area contributed by atoms with Crippen molar-refractivity contribution in [2.75, 3.05) is 0 Å². The first-order valence-corrected chi connectivity index (χ1v) is 6.75. The first-order chi connectivity index (χ1) is 8.20. The SMILES string of the molecule is Fc1ccc(Br)c(Oc2ncccc2CBr)c1. The van der Waals surface area contributed by atoms with E-state index < -0.39 is 0 Å². The molecule has 88 valence electrons. The molecule has 0 saturated heterocycles. The van der Waals surface area contributed by atoms with Crippen molar-refractivity contribution in [3.05, 3.63) is 52.4 Å². The van der Waals surface area contributed by atoms with Gasteiger partial charge in [-0.2, -0.15) is 0 Å². The van der Waals surface area contributed by atoms with Crippen molar-refractivity contribution in [3.8, 4) is 11.6 Å². The van der Waals surface area contributed by atoms with E-state index in [1.165, 1.54) is 12.1 Å². The normalized spacial score (nSPS) is 10.3. The minimum Gasteiger partial charge on any atom is -0.437 e. The highest BCUT2D eigenvalue weighted by Gasteiger charge is 2.08. The summed E-state index contributed by atoms with van der Waals surface area (Å²) in [4.78, 5) is 4.12. The van der Waals surface area contributed by atoms with Crippen molar-refractivity contribution in [1.29, 1.82) is 0 Å². The number of halogens is 3. The van der Waals surface area contributed by atoms with Crippen molar-refractivity contribution in [1.82, 2.24) is 4.98 Å². The number of alkyl halides is 1. The third-order valence-corrected chi connectivity index (χ3v) is 3.35. The molecule has 2 aromatic rings. The van der Waals surface area contributed by atoms with E-state index in [0.29, 0.717) is 21.4 Å². The van der Waals surface area contributed by atoms with Crippen LogP contribution in [0, 0.1) is 5.82 Å². The topological polar surface area (TPSA) is 22.1 Å². The van der Waals surface area contributed by atoms with Gasteiger partial charge in [0.1, 0.15) is 11.6 Å². The second kappa shape index (κ2) is 5.60. The van der Waals surface area contributed by atoms with Crippen LogP contribution in [0.4, 0.5) is 4.39 Å². The predicted molar refractivity (Wildman–Crippen MR) is 71.0 cm³/mol. The summed E-state index contributed by atoms with van der Waals surface area (Å²) in [5, 5.41) is 0.628. The molecule has 0 bridgehead atoms. The van der Waals surface area contributed by atoms with Gasteiger partial charge in [0.15, 0.2) is 0 Å². The van der Waals surface area contributed by atoms with E-state index in [9.17, 15) is 4.39 Å². The molecule has 0 saturated carbocycles. The molecule has 0 fully saturated rings. The van der Waals surface area contributed by atoms with E-state index in [2.05, 4.69) is 36.8 Å².